The molecule has 1 saturated heterocycles. The average molecular weight is 157 g/mol. The van der Waals surface area contributed by atoms with Crippen LogP contribution in [0.2, 0.25) is 0 Å². The fourth-order valence-electron chi connectivity index (χ4n) is 1.21. The molecule has 0 unspecified atom stereocenters. The van der Waals surface area contributed by atoms with Crippen LogP contribution < -0.4 is 5.32 Å². The maximum atomic E-state index is 10.6. The highest BCUT2D eigenvalue weighted by Crippen LogP contribution is 2.13. The van der Waals surface area contributed by atoms with E-state index in [4.69, 9.17) is 5.11 Å². The summed E-state index contributed by atoms with van der Waals surface area (Å²) in [5.41, 5.74) is 0. The van der Waals surface area contributed by atoms with Gasteiger partial charge in [-0.2, -0.15) is 0 Å². The molecule has 0 aromatic heterocycles. The number of carbonyl (C=O) groups is 2. The van der Waals surface area contributed by atoms with E-state index < -0.39 is 5.97 Å². The lowest BCUT2D eigenvalue weighted by Crippen LogP contribution is -2.35. The number of rotatable bonds is 2. The van der Waals surface area contributed by atoms with Crippen molar-refractivity contribution in [1.82, 2.24) is 5.32 Å². The molecule has 1 aliphatic heterocycles. The lowest BCUT2D eigenvalue weighted by molar-refractivity contribution is -0.139. The third-order valence-electron chi connectivity index (χ3n) is 1.83. The Kier molecular flexibility index (Phi) is 2.46. The third kappa shape index (κ3) is 2.57. The lowest BCUT2D eigenvalue weighted by atomic mass is 9.96. The van der Waals surface area contributed by atoms with Crippen LogP contribution in [-0.4, -0.2) is 23.5 Å². The van der Waals surface area contributed by atoms with E-state index in [1.807, 2.05) is 0 Å². The summed E-state index contributed by atoms with van der Waals surface area (Å²) in [4.78, 5) is 20.9. The summed E-state index contributed by atoms with van der Waals surface area (Å²) >= 11 is 0. The smallest absolute Gasteiger partial charge is 0.303 e. The lowest BCUT2D eigenvalue weighted by Gasteiger charge is -2.20. The SMILES string of the molecule is O=C(O)C[C@@H]1CCC(=O)NC1. The maximum absolute atomic E-state index is 10.6. The number of amides is 1. The van der Waals surface area contributed by atoms with Gasteiger partial charge in [-0.05, 0) is 12.3 Å². The molecule has 62 valence electrons. The van der Waals surface area contributed by atoms with Gasteiger partial charge < -0.3 is 10.4 Å². The zero-order valence-corrected chi connectivity index (χ0v) is 6.17. The second-order valence-corrected chi connectivity index (χ2v) is 2.81. The number of hydrogen-bond acceptors (Lipinski definition) is 2. The van der Waals surface area contributed by atoms with Crippen LogP contribution in [0.25, 0.3) is 0 Å². The average Bonchev–Trinajstić information content (AvgIpc) is 1.93. The molecule has 0 spiro atoms. The summed E-state index contributed by atoms with van der Waals surface area (Å²) < 4.78 is 0. The maximum Gasteiger partial charge on any atom is 0.303 e. The highest BCUT2D eigenvalue weighted by molar-refractivity contribution is 5.77. The standard InChI is InChI=1S/C7H11NO3/c9-6-2-1-5(4-8-6)3-7(10)11/h5H,1-4H2,(H,8,9)(H,10,11)/t5-/m0/s1. The summed E-state index contributed by atoms with van der Waals surface area (Å²) in [6.07, 6.45) is 1.34. The number of carboxylic acids is 1. The number of hydrogen-bond donors (Lipinski definition) is 2. The van der Waals surface area contributed by atoms with Crippen LogP contribution in [0.5, 0.6) is 0 Å². The molecule has 0 aliphatic carbocycles. The Bertz CT molecular complexity index is 169. The Morgan fingerprint density at radius 2 is 2.45 bits per heavy atom. The normalized spacial score (nSPS) is 24.4. The molecule has 11 heavy (non-hydrogen) atoms. The fourth-order valence-corrected chi connectivity index (χ4v) is 1.21. The van der Waals surface area contributed by atoms with Crippen LogP contribution >= 0.6 is 0 Å². The molecular weight excluding hydrogens is 146 g/mol. The van der Waals surface area contributed by atoms with Gasteiger partial charge in [0.15, 0.2) is 0 Å². The Hall–Kier alpha value is -1.06. The van der Waals surface area contributed by atoms with Crippen molar-refractivity contribution >= 4 is 11.9 Å². The van der Waals surface area contributed by atoms with Gasteiger partial charge >= 0.3 is 5.97 Å². The third-order valence-corrected chi connectivity index (χ3v) is 1.83. The number of carboxylic acid groups (broad SMARTS) is 1. The molecule has 1 amide bonds. The Balaban J connectivity index is 2.28. The minimum Gasteiger partial charge on any atom is -0.481 e. The molecule has 4 nitrogen and oxygen atoms in total. The molecule has 1 atom stereocenters. The van der Waals surface area contributed by atoms with Gasteiger partial charge in [-0.25, -0.2) is 0 Å². The predicted octanol–water partition coefficient (Wildman–Crippen LogP) is -0.0127. The molecule has 1 rings (SSSR count). The van der Waals surface area contributed by atoms with Crippen LogP contribution in [0.15, 0.2) is 0 Å². The zero-order chi connectivity index (χ0) is 8.27. The van der Waals surface area contributed by atoms with Crippen LogP contribution in [0.4, 0.5) is 0 Å². The van der Waals surface area contributed by atoms with Crippen molar-refractivity contribution in [2.24, 2.45) is 5.92 Å². The van der Waals surface area contributed by atoms with Gasteiger partial charge in [0.2, 0.25) is 5.91 Å². The number of carbonyl (C=O) groups excluding carboxylic acids is 1. The molecule has 1 aliphatic rings. The largest absolute Gasteiger partial charge is 0.481 e. The first-order chi connectivity index (χ1) is 5.18. The van der Waals surface area contributed by atoms with Crippen molar-refractivity contribution in [3.05, 3.63) is 0 Å². The van der Waals surface area contributed by atoms with E-state index in [2.05, 4.69) is 5.32 Å². The van der Waals surface area contributed by atoms with Crippen molar-refractivity contribution < 1.29 is 14.7 Å². The Morgan fingerprint density at radius 3 is 2.91 bits per heavy atom. The molecule has 0 bridgehead atoms. The summed E-state index contributed by atoms with van der Waals surface area (Å²) in [5.74, 6) is -0.622. The van der Waals surface area contributed by atoms with E-state index in [9.17, 15) is 9.59 Å². The van der Waals surface area contributed by atoms with E-state index in [1.165, 1.54) is 0 Å². The fraction of sp³-hybridized carbons (Fsp3) is 0.714. The number of nitrogens with one attached hydrogen (secondary N) is 1. The van der Waals surface area contributed by atoms with E-state index in [-0.39, 0.29) is 18.2 Å². The Labute approximate surface area is 64.6 Å². The van der Waals surface area contributed by atoms with Gasteiger partial charge in [-0.3, -0.25) is 9.59 Å². The van der Waals surface area contributed by atoms with E-state index >= 15 is 0 Å². The van der Waals surface area contributed by atoms with Gasteiger partial charge in [0.1, 0.15) is 0 Å². The van der Waals surface area contributed by atoms with Crippen molar-refractivity contribution in [3.63, 3.8) is 0 Å². The summed E-state index contributed by atoms with van der Waals surface area (Å²) in [6, 6.07) is 0. The molecule has 0 saturated carbocycles. The van der Waals surface area contributed by atoms with Crippen LogP contribution in [0.1, 0.15) is 19.3 Å². The number of aliphatic carboxylic acids is 1. The van der Waals surface area contributed by atoms with Crippen molar-refractivity contribution in [2.45, 2.75) is 19.3 Å². The molecule has 4 heteroatoms. The quantitative estimate of drug-likeness (QED) is 0.592. The topological polar surface area (TPSA) is 66.4 Å². The highest BCUT2D eigenvalue weighted by Gasteiger charge is 2.19. The minimum absolute atomic E-state index is 0.0339. The molecule has 2 N–H and O–H groups in total. The number of piperidine rings is 1. The predicted molar refractivity (Wildman–Crippen MR) is 38.0 cm³/mol. The van der Waals surface area contributed by atoms with Gasteiger partial charge in [-0.15, -0.1) is 0 Å². The molecule has 1 fully saturated rings. The molecule has 0 aromatic rings. The first-order valence-electron chi connectivity index (χ1n) is 3.67. The first kappa shape index (κ1) is 8.04. The van der Waals surface area contributed by atoms with Crippen molar-refractivity contribution in [1.29, 1.82) is 0 Å². The summed E-state index contributed by atoms with van der Waals surface area (Å²) in [6.45, 7) is 0.519. The molecule has 1 heterocycles. The molecule has 0 aromatic carbocycles. The second-order valence-electron chi connectivity index (χ2n) is 2.81. The summed E-state index contributed by atoms with van der Waals surface area (Å²) in [5, 5.41) is 11.1. The van der Waals surface area contributed by atoms with Crippen molar-refractivity contribution in [2.75, 3.05) is 6.54 Å². The second kappa shape index (κ2) is 3.37. The summed E-state index contributed by atoms with van der Waals surface area (Å²) in [7, 11) is 0. The van der Waals surface area contributed by atoms with E-state index in [0.29, 0.717) is 19.4 Å². The van der Waals surface area contributed by atoms with Crippen LogP contribution in [0.3, 0.4) is 0 Å². The molecular formula is C7H11NO3. The zero-order valence-electron chi connectivity index (χ0n) is 6.17. The monoisotopic (exact) mass is 157 g/mol. The van der Waals surface area contributed by atoms with E-state index in [0.717, 1.165) is 0 Å². The van der Waals surface area contributed by atoms with Crippen LogP contribution in [0, 0.1) is 5.92 Å². The first-order valence-corrected chi connectivity index (χ1v) is 3.67. The highest BCUT2D eigenvalue weighted by atomic mass is 16.4. The van der Waals surface area contributed by atoms with Gasteiger partial charge in [0.05, 0.1) is 0 Å². The van der Waals surface area contributed by atoms with Crippen LogP contribution in [-0.2, 0) is 9.59 Å². The van der Waals surface area contributed by atoms with Gasteiger partial charge in [0, 0.05) is 19.4 Å². The van der Waals surface area contributed by atoms with Gasteiger partial charge in [0.25, 0.3) is 0 Å². The van der Waals surface area contributed by atoms with Crippen molar-refractivity contribution in [3.8, 4) is 0 Å². The molecule has 0 radical (unpaired) electrons. The minimum atomic E-state index is -0.786. The van der Waals surface area contributed by atoms with Gasteiger partial charge in [-0.1, -0.05) is 0 Å². The van der Waals surface area contributed by atoms with E-state index in [1.54, 1.807) is 0 Å². The Morgan fingerprint density at radius 1 is 1.73 bits per heavy atom.